The van der Waals surface area contributed by atoms with Crippen LogP contribution in [0.4, 0.5) is 0 Å². The number of nitrogens with one attached hydrogen (secondary N) is 1. The van der Waals surface area contributed by atoms with Crippen LogP contribution in [-0.4, -0.2) is 46.9 Å². The van der Waals surface area contributed by atoms with Crippen LogP contribution in [0.5, 0.6) is 0 Å². The molecule has 19 heavy (non-hydrogen) atoms. The third kappa shape index (κ3) is 5.28. The van der Waals surface area contributed by atoms with Gasteiger partial charge < -0.3 is 15.3 Å². The number of carboxylic acids is 1. The van der Waals surface area contributed by atoms with Gasteiger partial charge in [-0.1, -0.05) is 20.8 Å². The minimum Gasteiger partial charge on any atom is -0.480 e. The SMILES string of the molecule is CC(C)(C)C(=O)NCCC(=O)N(CC(=O)O)C1CC1. The highest BCUT2D eigenvalue weighted by Crippen LogP contribution is 2.27. The van der Waals surface area contributed by atoms with Crippen molar-refractivity contribution in [1.82, 2.24) is 10.2 Å². The van der Waals surface area contributed by atoms with E-state index in [1.807, 2.05) is 0 Å². The summed E-state index contributed by atoms with van der Waals surface area (Å²) >= 11 is 0. The van der Waals surface area contributed by atoms with Crippen molar-refractivity contribution in [2.45, 2.75) is 46.1 Å². The molecule has 6 nitrogen and oxygen atoms in total. The van der Waals surface area contributed by atoms with E-state index in [4.69, 9.17) is 5.11 Å². The van der Waals surface area contributed by atoms with Crippen LogP contribution in [-0.2, 0) is 14.4 Å². The van der Waals surface area contributed by atoms with E-state index in [-0.39, 0.29) is 37.4 Å². The van der Waals surface area contributed by atoms with Crippen LogP contribution in [0.1, 0.15) is 40.0 Å². The van der Waals surface area contributed by atoms with Gasteiger partial charge in [0.05, 0.1) is 0 Å². The minimum absolute atomic E-state index is 0.0712. The lowest BCUT2D eigenvalue weighted by atomic mass is 9.96. The molecule has 0 atom stereocenters. The van der Waals surface area contributed by atoms with Crippen LogP contribution in [0, 0.1) is 5.41 Å². The van der Waals surface area contributed by atoms with E-state index in [0.29, 0.717) is 0 Å². The summed E-state index contributed by atoms with van der Waals surface area (Å²) in [5.74, 6) is -1.32. The molecule has 0 heterocycles. The van der Waals surface area contributed by atoms with Crippen LogP contribution in [0.2, 0.25) is 0 Å². The largest absolute Gasteiger partial charge is 0.480 e. The monoisotopic (exact) mass is 270 g/mol. The fourth-order valence-electron chi connectivity index (χ4n) is 1.64. The van der Waals surface area contributed by atoms with Gasteiger partial charge in [-0.15, -0.1) is 0 Å². The van der Waals surface area contributed by atoms with E-state index in [9.17, 15) is 14.4 Å². The average Bonchev–Trinajstić information content (AvgIpc) is 3.07. The van der Waals surface area contributed by atoms with E-state index in [2.05, 4.69) is 5.32 Å². The molecule has 2 amide bonds. The van der Waals surface area contributed by atoms with E-state index in [1.165, 1.54) is 4.90 Å². The standard InChI is InChI=1S/C13H22N2O4/c1-13(2,3)12(19)14-7-6-10(16)15(8-11(17)18)9-4-5-9/h9H,4-8H2,1-3H3,(H,14,19)(H,17,18). The third-order valence-electron chi connectivity index (χ3n) is 2.92. The van der Waals surface area contributed by atoms with Gasteiger partial charge in [-0.05, 0) is 12.8 Å². The van der Waals surface area contributed by atoms with Gasteiger partial charge in [0.15, 0.2) is 0 Å². The molecule has 1 rings (SSSR count). The molecule has 1 aliphatic carbocycles. The Bertz CT molecular complexity index is 369. The van der Waals surface area contributed by atoms with Crippen LogP contribution >= 0.6 is 0 Å². The van der Waals surface area contributed by atoms with Gasteiger partial charge in [-0.2, -0.15) is 0 Å². The van der Waals surface area contributed by atoms with Gasteiger partial charge in [0.2, 0.25) is 11.8 Å². The molecule has 6 heteroatoms. The number of hydrogen-bond donors (Lipinski definition) is 2. The van der Waals surface area contributed by atoms with Crippen molar-refractivity contribution in [3.63, 3.8) is 0 Å². The summed E-state index contributed by atoms with van der Waals surface area (Å²) in [5.41, 5.74) is -0.486. The summed E-state index contributed by atoms with van der Waals surface area (Å²) in [4.78, 5) is 35.6. The Kier molecular flexibility index (Phi) is 4.91. The lowest BCUT2D eigenvalue weighted by Gasteiger charge is -2.21. The van der Waals surface area contributed by atoms with E-state index < -0.39 is 11.4 Å². The highest BCUT2D eigenvalue weighted by molar-refractivity contribution is 5.84. The lowest BCUT2D eigenvalue weighted by molar-refractivity contribution is -0.145. The zero-order valence-electron chi connectivity index (χ0n) is 11.7. The third-order valence-corrected chi connectivity index (χ3v) is 2.92. The second-order valence-corrected chi connectivity index (χ2v) is 5.90. The van der Waals surface area contributed by atoms with Gasteiger partial charge in [0.1, 0.15) is 6.54 Å². The van der Waals surface area contributed by atoms with Crippen LogP contribution in [0.3, 0.4) is 0 Å². The molecule has 0 spiro atoms. The first-order valence-corrected chi connectivity index (χ1v) is 6.51. The molecule has 0 aromatic rings. The maximum atomic E-state index is 11.9. The molecular formula is C13H22N2O4. The number of hydrogen-bond acceptors (Lipinski definition) is 3. The summed E-state index contributed by atoms with van der Waals surface area (Å²) in [7, 11) is 0. The first-order valence-electron chi connectivity index (χ1n) is 6.51. The van der Waals surface area contributed by atoms with Crippen molar-refractivity contribution in [2.75, 3.05) is 13.1 Å². The molecule has 1 saturated carbocycles. The molecule has 0 radical (unpaired) electrons. The van der Waals surface area contributed by atoms with Crippen molar-refractivity contribution in [3.8, 4) is 0 Å². The zero-order valence-corrected chi connectivity index (χ0v) is 11.7. The second-order valence-electron chi connectivity index (χ2n) is 5.90. The Morgan fingerprint density at radius 2 is 1.84 bits per heavy atom. The topological polar surface area (TPSA) is 86.7 Å². The van der Waals surface area contributed by atoms with E-state index >= 15 is 0 Å². The second kappa shape index (κ2) is 6.04. The molecule has 0 saturated heterocycles. The molecule has 0 unspecified atom stereocenters. The van der Waals surface area contributed by atoms with Crippen molar-refractivity contribution in [2.24, 2.45) is 5.41 Å². The number of aliphatic carboxylic acids is 1. The fourth-order valence-corrected chi connectivity index (χ4v) is 1.64. The van der Waals surface area contributed by atoms with Gasteiger partial charge in [0.25, 0.3) is 0 Å². The Morgan fingerprint density at radius 3 is 2.26 bits per heavy atom. The maximum absolute atomic E-state index is 11.9. The molecule has 0 aromatic carbocycles. The molecular weight excluding hydrogens is 248 g/mol. The zero-order chi connectivity index (χ0) is 14.6. The van der Waals surface area contributed by atoms with Gasteiger partial charge in [-0.25, -0.2) is 0 Å². The van der Waals surface area contributed by atoms with E-state index in [0.717, 1.165) is 12.8 Å². The van der Waals surface area contributed by atoms with Crippen molar-refractivity contribution >= 4 is 17.8 Å². The number of carbonyl (C=O) groups excluding carboxylic acids is 2. The summed E-state index contributed by atoms with van der Waals surface area (Å²) in [6, 6.07) is 0.0712. The van der Waals surface area contributed by atoms with Gasteiger partial charge in [-0.3, -0.25) is 14.4 Å². The average molecular weight is 270 g/mol. The van der Waals surface area contributed by atoms with Gasteiger partial charge >= 0.3 is 5.97 Å². The molecule has 1 fully saturated rings. The first kappa shape index (κ1) is 15.5. The molecule has 0 aromatic heterocycles. The number of amides is 2. The molecule has 108 valence electrons. The number of carbonyl (C=O) groups is 3. The highest BCUT2D eigenvalue weighted by atomic mass is 16.4. The van der Waals surface area contributed by atoms with Crippen molar-refractivity contribution < 1.29 is 19.5 Å². The number of carboxylic acid groups (broad SMARTS) is 1. The summed E-state index contributed by atoms with van der Waals surface area (Å²) < 4.78 is 0. The predicted octanol–water partition coefficient (Wildman–Crippen LogP) is 0.614. The normalized spacial score (nSPS) is 14.9. The number of nitrogens with zero attached hydrogens (tertiary/aromatic N) is 1. The fraction of sp³-hybridized carbons (Fsp3) is 0.769. The Labute approximate surface area is 113 Å². The summed E-state index contributed by atoms with van der Waals surface area (Å²) in [5, 5.41) is 11.5. The van der Waals surface area contributed by atoms with Crippen molar-refractivity contribution in [3.05, 3.63) is 0 Å². The van der Waals surface area contributed by atoms with Crippen LogP contribution in [0.15, 0.2) is 0 Å². The van der Waals surface area contributed by atoms with E-state index in [1.54, 1.807) is 20.8 Å². The smallest absolute Gasteiger partial charge is 0.323 e. The Balaban J connectivity index is 2.37. The predicted molar refractivity (Wildman–Crippen MR) is 69.5 cm³/mol. The lowest BCUT2D eigenvalue weighted by Crippen LogP contribution is -2.41. The van der Waals surface area contributed by atoms with Crippen LogP contribution < -0.4 is 5.32 Å². The minimum atomic E-state index is -1.00. The Morgan fingerprint density at radius 1 is 1.26 bits per heavy atom. The molecule has 1 aliphatic rings. The molecule has 0 aliphatic heterocycles. The molecule has 2 N–H and O–H groups in total. The Hall–Kier alpha value is -1.59. The van der Waals surface area contributed by atoms with Crippen LogP contribution in [0.25, 0.3) is 0 Å². The van der Waals surface area contributed by atoms with Crippen molar-refractivity contribution in [1.29, 1.82) is 0 Å². The highest BCUT2D eigenvalue weighted by Gasteiger charge is 2.33. The number of rotatable bonds is 6. The maximum Gasteiger partial charge on any atom is 0.323 e. The van der Waals surface area contributed by atoms with Gasteiger partial charge in [0, 0.05) is 24.4 Å². The quantitative estimate of drug-likeness (QED) is 0.740. The summed E-state index contributed by atoms with van der Waals surface area (Å²) in [6.07, 6.45) is 1.88. The molecule has 0 bridgehead atoms. The summed E-state index contributed by atoms with van der Waals surface area (Å²) in [6.45, 7) is 5.38. The first-order chi connectivity index (χ1) is 8.71.